The molecule has 1 unspecified atom stereocenters. The first kappa shape index (κ1) is 14.9. The highest BCUT2D eigenvalue weighted by Gasteiger charge is 2.27. The second kappa shape index (κ2) is 5.65. The van der Waals surface area contributed by atoms with Crippen LogP contribution < -0.4 is 4.74 Å². The number of ether oxygens (including phenoxy) is 1. The van der Waals surface area contributed by atoms with Gasteiger partial charge in [-0.2, -0.15) is 0 Å². The van der Waals surface area contributed by atoms with Crippen LogP contribution >= 0.6 is 11.6 Å². The van der Waals surface area contributed by atoms with Gasteiger partial charge in [0.2, 0.25) is 5.88 Å². The van der Waals surface area contributed by atoms with Gasteiger partial charge in [0.15, 0.2) is 11.9 Å². The molecule has 0 bridgehead atoms. The quantitative estimate of drug-likeness (QED) is 0.785. The molecule has 1 aliphatic heterocycles. The van der Waals surface area contributed by atoms with Crippen molar-refractivity contribution < 1.29 is 18.3 Å². The number of hydrogen-bond donors (Lipinski definition) is 0. The third kappa shape index (κ3) is 2.68. The van der Waals surface area contributed by atoms with E-state index in [1.807, 2.05) is 0 Å². The number of pyridine rings is 1. The maximum atomic E-state index is 14.0. The van der Waals surface area contributed by atoms with E-state index in [1.165, 1.54) is 25.1 Å². The molecule has 1 aliphatic rings. The summed E-state index contributed by atoms with van der Waals surface area (Å²) in [6, 6.07) is 4.88. The van der Waals surface area contributed by atoms with E-state index >= 15 is 0 Å². The molecule has 114 valence electrons. The number of carbonyl (C=O) groups is 1. The van der Waals surface area contributed by atoms with E-state index in [0.717, 1.165) is 6.07 Å². The summed E-state index contributed by atoms with van der Waals surface area (Å²) in [5, 5.41) is 0.127. The third-order valence-corrected chi connectivity index (χ3v) is 3.83. The first-order valence-corrected chi connectivity index (χ1v) is 7.15. The van der Waals surface area contributed by atoms with Crippen LogP contribution in [0.15, 0.2) is 24.3 Å². The lowest BCUT2D eigenvalue weighted by atomic mass is 9.94. The van der Waals surface area contributed by atoms with Gasteiger partial charge < -0.3 is 4.74 Å². The molecular formula is C16H12ClF2NO2. The number of fused-ring (bicyclic) bond motifs is 1. The maximum absolute atomic E-state index is 14.0. The summed E-state index contributed by atoms with van der Waals surface area (Å²) in [7, 11) is 0. The van der Waals surface area contributed by atoms with Crippen molar-refractivity contribution in [3.63, 3.8) is 0 Å². The van der Waals surface area contributed by atoms with Gasteiger partial charge in [-0.25, -0.2) is 13.8 Å². The highest BCUT2D eigenvalue weighted by molar-refractivity contribution is 6.29. The summed E-state index contributed by atoms with van der Waals surface area (Å²) < 4.78 is 32.7. The number of halogens is 3. The van der Waals surface area contributed by atoms with Gasteiger partial charge in [0, 0.05) is 17.2 Å². The fourth-order valence-corrected chi connectivity index (χ4v) is 2.75. The Labute approximate surface area is 130 Å². The molecule has 0 fully saturated rings. The number of rotatable bonds is 2. The van der Waals surface area contributed by atoms with Crippen molar-refractivity contribution in [2.24, 2.45) is 0 Å². The summed E-state index contributed by atoms with van der Waals surface area (Å²) in [6.45, 7) is 1.45. The van der Waals surface area contributed by atoms with Crippen molar-refractivity contribution in [2.45, 2.75) is 25.9 Å². The van der Waals surface area contributed by atoms with E-state index in [1.54, 1.807) is 0 Å². The van der Waals surface area contributed by atoms with Crippen LogP contribution in [0.3, 0.4) is 0 Å². The predicted molar refractivity (Wildman–Crippen MR) is 78.0 cm³/mol. The lowest BCUT2D eigenvalue weighted by Gasteiger charge is -2.25. The monoisotopic (exact) mass is 323 g/mol. The zero-order valence-electron chi connectivity index (χ0n) is 11.7. The van der Waals surface area contributed by atoms with Crippen molar-refractivity contribution in [1.29, 1.82) is 0 Å². The van der Waals surface area contributed by atoms with Gasteiger partial charge in [0.1, 0.15) is 16.8 Å². The molecule has 1 atom stereocenters. The van der Waals surface area contributed by atoms with E-state index in [0.29, 0.717) is 24.0 Å². The van der Waals surface area contributed by atoms with Gasteiger partial charge in [-0.3, -0.25) is 4.79 Å². The van der Waals surface area contributed by atoms with Crippen molar-refractivity contribution in [1.82, 2.24) is 4.98 Å². The molecule has 1 aromatic heterocycles. The van der Waals surface area contributed by atoms with Gasteiger partial charge in [0.25, 0.3) is 0 Å². The van der Waals surface area contributed by atoms with E-state index in [-0.39, 0.29) is 22.4 Å². The van der Waals surface area contributed by atoms with Gasteiger partial charge in [-0.05, 0) is 43.5 Å². The molecule has 0 amide bonds. The number of carbonyl (C=O) groups excluding carboxylic acids is 1. The largest absolute Gasteiger partial charge is 0.466 e. The van der Waals surface area contributed by atoms with E-state index in [2.05, 4.69) is 4.98 Å². The van der Waals surface area contributed by atoms with Crippen molar-refractivity contribution in [3.8, 4) is 17.0 Å². The summed E-state index contributed by atoms with van der Waals surface area (Å²) in [5.74, 6) is -1.19. The average molecular weight is 324 g/mol. The SMILES string of the molecule is CC(=O)C1CCc2c(-c3ccc(F)cc3F)cc(Cl)nc2O1. The number of aromatic nitrogens is 1. The van der Waals surface area contributed by atoms with Crippen molar-refractivity contribution >= 4 is 17.4 Å². The topological polar surface area (TPSA) is 39.2 Å². The standard InChI is InChI=1S/C16H12ClF2NO2/c1-8(21)14-5-4-11-12(7-15(17)20-16(11)22-14)10-3-2-9(18)6-13(10)19/h2-3,6-7,14H,4-5H2,1H3. The summed E-state index contributed by atoms with van der Waals surface area (Å²) in [6.07, 6.45) is 0.432. The first-order chi connectivity index (χ1) is 10.5. The summed E-state index contributed by atoms with van der Waals surface area (Å²) in [5.41, 5.74) is 1.41. The Bertz CT molecular complexity index is 764. The Hall–Kier alpha value is -2.01. The molecular weight excluding hydrogens is 312 g/mol. The predicted octanol–water partition coefficient (Wildman–Crippen LogP) is 3.96. The van der Waals surface area contributed by atoms with E-state index in [4.69, 9.17) is 16.3 Å². The van der Waals surface area contributed by atoms with Crippen molar-refractivity contribution in [2.75, 3.05) is 0 Å². The fraction of sp³-hybridized carbons (Fsp3) is 0.250. The Morgan fingerprint density at radius 3 is 2.77 bits per heavy atom. The zero-order valence-corrected chi connectivity index (χ0v) is 12.5. The molecule has 3 nitrogen and oxygen atoms in total. The number of ketones is 1. The molecule has 0 radical (unpaired) electrons. The molecule has 22 heavy (non-hydrogen) atoms. The second-order valence-electron chi connectivity index (χ2n) is 5.16. The van der Waals surface area contributed by atoms with Crippen LogP contribution in [0.5, 0.6) is 5.88 Å². The minimum Gasteiger partial charge on any atom is -0.466 e. The second-order valence-corrected chi connectivity index (χ2v) is 5.54. The van der Waals surface area contributed by atoms with Crippen LogP contribution in [0.25, 0.3) is 11.1 Å². The molecule has 6 heteroatoms. The number of nitrogens with zero attached hydrogens (tertiary/aromatic N) is 1. The number of benzene rings is 1. The molecule has 0 saturated carbocycles. The minimum absolute atomic E-state index is 0.0954. The third-order valence-electron chi connectivity index (χ3n) is 3.64. The van der Waals surface area contributed by atoms with Crippen LogP contribution in [-0.2, 0) is 11.2 Å². The molecule has 1 aromatic carbocycles. The molecule has 2 aromatic rings. The Balaban J connectivity index is 2.12. The van der Waals surface area contributed by atoms with E-state index in [9.17, 15) is 13.6 Å². The Kier molecular flexibility index (Phi) is 3.83. The lowest BCUT2D eigenvalue weighted by molar-refractivity contribution is -0.124. The molecule has 0 aliphatic carbocycles. The summed E-state index contributed by atoms with van der Waals surface area (Å²) in [4.78, 5) is 15.5. The normalized spacial score (nSPS) is 16.8. The van der Waals surface area contributed by atoms with Gasteiger partial charge in [0.05, 0.1) is 0 Å². The maximum Gasteiger partial charge on any atom is 0.219 e. The molecule has 2 heterocycles. The first-order valence-electron chi connectivity index (χ1n) is 6.77. The van der Waals surface area contributed by atoms with E-state index < -0.39 is 17.7 Å². The Morgan fingerprint density at radius 1 is 1.32 bits per heavy atom. The zero-order chi connectivity index (χ0) is 15.9. The van der Waals surface area contributed by atoms with Gasteiger partial charge in [-0.15, -0.1) is 0 Å². The fourth-order valence-electron chi connectivity index (χ4n) is 2.56. The van der Waals surface area contributed by atoms with Crippen LogP contribution in [-0.4, -0.2) is 16.9 Å². The average Bonchev–Trinajstić information content (AvgIpc) is 2.45. The molecule has 0 spiro atoms. The highest BCUT2D eigenvalue weighted by Crippen LogP contribution is 2.37. The number of hydrogen-bond acceptors (Lipinski definition) is 3. The minimum atomic E-state index is -0.682. The van der Waals surface area contributed by atoms with Crippen LogP contribution in [0.2, 0.25) is 5.15 Å². The van der Waals surface area contributed by atoms with Crippen LogP contribution in [0.4, 0.5) is 8.78 Å². The van der Waals surface area contributed by atoms with Gasteiger partial charge in [-0.1, -0.05) is 11.6 Å². The van der Waals surface area contributed by atoms with Crippen LogP contribution in [0.1, 0.15) is 18.9 Å². The molecule has 3 rings (SSSR count). The Morgan fingerprint density at radius 2 is 2.09 bits per heavy atom. The van der Waals surface area contributed by atoms with Crippen LogP contribution in [0, 0.1) is 11.6 Å². The smallest absolute Gasteiger partial charge is 0.219 e. The van der Waals surface area contributed by atoms with Gasteiger partial charge >= 0.3 is 0 Å². The number of Topliss-reactive ketones (excluding diaryl/α,β-unsaturated/α-hetero) is 1. The summed E-state index contributed by atoms with van der Waals surface area (Å²) >= 11 is 5.97. The van der Waals surface area contributed by atoms with Crippen molar-refractivity contribution in [3.05, 3.63) is 46.6 Å². The molecule has 0 N–H and O–H groups in total. The highest BCUT2D eigenvalue weighted by atomic mass is 35.5. The molecule has 0 saturated heterocycles. The lowest BCUT2D eigenvalue weighted by Crippen LogP contribution is -2.30.